The van der Waals surface area contributed by atoms with Crippen molar-refractivity contribution in [3.8, 4) is 0 Å². The molecule has 0 amide bonds. The largest absolute Gasteiger partial charge is 0.464 e. The van der Waals surface area contributed by atoms with Crippen LogP contribution in [0.1, 0.15) is 38.7 Å². The van der Waals surface area contributed by atoms with Crippen molar-refractivity contribution in [3.63, 3.8) is 0 Å². The number of hydrogen-bond acceptors (Lipinski definition) is 4. The van der Waals surface area contributed by atoms with E-state index < -0.39 is 10.0 Å². The van der Waals surface area contributed by atoms with Gasteiger partial charge in [-0.2, -0.15) is 0 Å². The van der Waals surface area contributed by atoms with Crippen LogP contribution < -0.4 is 5.32 Å². The molecule has 0 saturated heterocycles. The number of sulfonamides is 1. The lowest BCUT2D eigenvalue weighted by Gasteiger charge is -2.16. The van der Waals surface area contributed by atoms with Gasteiger partial charge in [-0.05, 0) is 25.2 Å². The molecular formula is C15H26N2O3S. The molecule has 21 heavy (non-hydrogen) atoms. The summed E-state index contributed by atoms with van der Waals surface area (Å²) in [5.74, 6) is 2.26. The van der Waals surface area contributed by atoms with E-state index in [1.54, 1.807) is 20.0 Å². The van der Waals surface area contributed by atoms with Gasteiger partial charge in [-0.3, -0.25) is 0 Å². The van der Waals surface area contributed by atoms with E-state index in [-0.39, 0.29) is 0 Å². The topological polar surface area (TPSA) is 62.6 Å². The predicted molar refractivity (Wildman–Crippen MR) is 82.5 cm³/mol. The predicted octanol–water partition coefficient (Wildman–Crippen LogP) is 2.36. The number of aryl methyl sites for hydroxylation is 1. The maximum absolute atomic E-state index is 12.6. The van der Waals surface area contributed by atoms with E-state index in [1.807, 2.05) is 13.8 Å². The van der Waals surface area contributed by atoms with Gasteiger partial charge in [0.25, 0.3) is 0 Å². The maximum atomic E-state index is 12.6. The average Bonchev–Trinajstić information content (AvgIpc) is 2.93. The van der Waals surface area contributed by atoms with Crippen LogP contribution in [0.4, 0.5) is 0 Å². The molecule has 1 aliphatic rings. The molecule has 2 atom stereocenters. The highest BCUT2D eigenvalue weighted by Crippen LogP contribution is 2.39. The first-order valence-electron chi connectivity index (χ1n) is 7.50. The number of furan rings is 1. The van der Waals surface area contributed by atoms with Gasteiger partial charge in [-0.15, -0.1) is 0 Å². The van der Waals surface area contributed by atoms with Crippen LogP contribution in [-0.2, 0) is 16.6 Å². The van der Waals surface area contributed by atoms with E-state index in [4.69, 9.17) is 4.42 Å². The van der Waals surface area contributed by atoms with Gasteiger partial charge in [-0.1, -0.05) is 20.8 Å². The lowest BCUT2D eigenvalue weighted by molar-refractivity contribution is 0.433. The van der Waals surface area contributed by atoms with Gasteiger partial charge in [-0.25, -0.2) is 12.7 Å². The molecule has 0 aliphatic heterocycles. The molecule has 2 unspecified atom stereocenters. The molecule has 1 heterocycles. The summed E-state index contributed by atoms with van der Waals surface area (Å²) in [6.07, 6.45) is 1.12. The third-order valence-corrected chi connectivity index (χ3v) is 5.99. The zero-order valence-corrected chi connectivity index (χ0v) is 14.3. The van der Waals surface area contributed by atoms with Crippen molar-refractivity contribution in [1.82, 2.24) is 9.62 Å². The van der Waals surface area contributed by atoms with Crippen LogP contribution in [0.25, 0.3) is 0 Å². The summed E-state index contributed by atoms with van der Waals surface area (Å²) >= 11 is 0. The molecule has 1 N–H and O–H groups in total. The zero-order chi connectivity index (χ0) is 15.8. The molecule has 1 aliphatic carbocycles. The molecule has 5 nitrogen and oxygen atoms in total. The second kappa shape index (κ2) is 6.10. The van der Waals surface area contributed by atoms with Crippen molar-refractivity contribution < 1.29 is 12.8 Å². The van der Waals surface area contributed by atoms with Gasteiger partial charge < -0.3 is 9.73 Å². The Morgan fingerprint density at radius 1 is 1.48 bits per heavy atom. The summed E-state index contributed by atoms with van der Waals surface area (Å²) < 4.78 is 32.3. The van der Waals surface area contributed by atoms with Crippen molar-refractivity contribution in [2.45, 2.75) is 51.6 Å². The Bertz CT molecular complexity index is 592. The van der Waals surface area contributed by atoms with Crippen molar-refractivity contribution in [1.29, 1.82) is 0 Å². The molecule has 0 radical (unpaired) electrons. The second-order valence-electron chi connectivity index (χ2n) is 6.43. The second-order valence-corrected chi connectivity index (χ2v) is 8.44. The fourth-order valence-electron chi connectivity index (χ4n) is 2.42. The minimum Gasteiger partial charge on any atom is -0.464 e. The Hall–Kier alpha value is -0.850. The van der Waals surface area contributed by atoms with Gasteiger partial charge in [0.15, 0.2) is 0 Å². The third kappa shape index (κ3) is 3.87. The summed E-state index contributed by atoms with van der Waals surface area (Å²) in [5, 5.41) is 3.23. The maximum Gasteiger partial charge on any atom is 0.246 e. The highest BCUT2D eigenvalue weighted by Gasteiger charge is 2.37. The lowest BCUT2D eigenvalue weighted by Crippen LogP contribution is -2.29. The Balaban J connectivity index is 2.11. The molecule has 1 saturated carbocycles. The Labute approximate surface area is 127 Å². The van der Waals surface area contributed by atoms with E-state index in [2.05, 4.69) is 12.2 Å². The monoisotopic (exact) mass is 314 g/mol. The Kier molecular flexibility index (Phi) is 4.80. The lowest BCUT2D eigenvalue weighted by atomic mass is 10.3. The molecule has 2 rings (SSSR count). The van der Waals surface area contributed by atoms with Crippen LogP contribution in [0, 0.1) is 18.8 Å². The molecule has 0 aromatic carbocycles. The van der Waals surface area contributed by atoms with Gasteiger partial charge in [0.2, 0.25) is 10.0 Å². The van der Waals surface area contributed by atoms with Crippen molar-refractivity contribution >= 4 is 10.0 Å². The first kappa shape index (κ1) is 16.5. The molecular weight excluding hydrogens is 288 g/mol. The first-order valence-corrected chi connectivity index (χ1v) is 8.95. The number of nitrogens with zero attached hydrogens (tertiary/aromatic N) is 1. The normalized spacial score (nSPS) is 22.2. The van der Waals surface area contributed by atoms with Gasteiger partial charge in [0.1, 0.15) is 16.4 Å². The smallest absolute Gasteiger partial charge is 0.246 e. The van der Waals surface area contributed by atoms with Crippen molar-refractivity contribution in [2.24, 2.45) is 11.8 Å². The molecule has 0 spiro atoms. The molecule has 1 aromatic rings. The zero-order valence-electron chi connectivity index (χ0n) is 13.5. The SMILES string of the molecule is Cc1oc(CNC(C)C)cc1S(=O)(=O)N(C)CC1CC1C. The van der Waals surface area contributed by atoms with E-state index in [9.17, 15) is 8.42 Å². The summed E-state index contributed by atoms with van der Waals surface area (Å²) in [7, 11) is -1.80. The van der Waals surface area contributed by atoms with Crippen molar-refractivity contribution in [2.75, 3.05) is 13.6 Å². The first-order chi connectivity index (χ1) is 9.71. The molecule has 120 valence electrons. The number of nitrogens with one attached hydrogen (secondary N) is 1. The standard InChI is InChI=1S/C15H26N2O3S/c1-10(2)16-8-14-7-15(12(4)20-14)21(18,19)17(5)9-13-6-11(13)3/h7,10-11,13,16H,6,8-9H2,1-5H3. The highest BCUT2D eigenvalue weighted by atomic mass is 32.2. The summed E-state index contributed by atoms with van der Waals surface area (Å²) in [4.78, 5) is 0.291. The van der Waals surface area contributed by atoms with Crippen LogP contribution in [-0.4, -0.2) is 32.4 Å². The molecule has 1 fully saturated rings. The minimum absolute atomic E-state index is 0.291. The van der Waals surface area contributed by atoms with Crippen LogP contribution >= 0.6 is 0 Å². The fraction of sp³-hybridized carbons (Fsp3) is 0.733. The minimum atomic E-state index is -3.45. The van der Waals surface area contributed by atoms with E-state index in [0.29, 0.717) is 47.4 Å². The van der Waals surface area contributed by atoms with Crippen LogP contribution in [0.5, 0.6) is 0 Å². The van der Waals surface area contributed by atoms with E-state index in [1.165, 1.54) is 4.31 Å². The van der Waals surface area contributed by atoms with Crippen LogP contribution in [0.3, 0.4) is 0 Å². The van der Waals surface area contributed by atoms with Crippen molar-refractivity contribution in [3.05, 3.63) is 17.6 Å². The van der Waals surface area contributed by atoms with E-state index >= 15 is 0 Å². The van der Waals surface area contributed by atoms with Gasteiger partial charge >= 0.3 is 0 Å². The number of hydrogen-bond donors (Lipinski definition) is 1. The summed E-state index contributed by atoms with van der Waals surface area (Å²) in [5.41, 5.74) is 0. The molecule has 1 aromatic heterocycles. The molecule has 0 bridgehead atoms. The van der Waals surface area contributed by atoms with E-state index in [0.717, 1.165) is 6.42 Å². The molecule has 6 heteroatoms. The summed E-state index contributed by atoms with van der Waals surface area (Å²) in [6.45, 7) is 9.07. The Morgan fingerprint density at radius 2 is 2.10 bits per heavy atom. The summed E-state index contributed by atoms with van der Waals surface area (Å²) in [6, 6.07) is 1.97. The Morgan fingerprint density at radius 3 is 2.62 bits per heavy atom. The van der Waals surface area contributed by atoms with Gasteiger partial charge in [0.05, 0.1) is 6.54 Å². The number of rotatable bonds is 7. The average molecular weight is 314 g/mol. The fourth-order valence-corrected chi connectivity index (χ4v) is 3.83. The third-order valence-electron chi connectivity index (χ3n) is 4.06. The highest BCUT2D eigenvalue weighted by molar-refractivity contribution is 7.89. The van der Waals surface area contributed by atoms with Crippen LogP contribution in [0.2, 0.25) is 0 Å². The van der Waals surface area contributed by atoms with Gasteiger partial charge in [0, 0.05) is 25.7 Å². The van der Waals surface area contributed by atoms with Crippen LogP contribution in [0.15, 0.2) is 15.4 Å². The quantitative estimate of drug-likeness (QED) is 0.839.